The Morgan fingerprint density at radius 2 is 2.08 bits per heavy atom. The molecule has 0 aliphatic rings. The normalized spacial score (nSPS) is 9.38. The summed E-state index contributed by atoms with van der Waals surface area (Å²) in [5.74, 6) is -0.658. The second-order valence-corrected chi connectivity index (χ2v) is 2.53. The van der Waals surface area contributed by atoms with Gasteiger partial charge < -0.3 is 15.2 Å². The maximum atomic E-state index is 10.9. The maximum absolute atomic E-state index is 10.9. The van der Waals surface area contributed by atoms with Crippen molar-refractivity contribution < 1.29 is 19.4 Å². The van der Waals surface area contributed by atoms with E-state index in [-0.39, 0.29) is 19.1 Å². The summed E-state index contributed by atoms with van der Waals surface area (Å²) in [6, 6.07) is 0. The molecule has 0 spiro atoms. The van der Waals surface area contributed by atoms with Crippen molar-refractivity contribution in [1.29, 1.82) is 0 Å². The molecule has 0 aromatic heterocycles. The number of carbonyl (C=O) groups is 2. The maximum Gasteiger partial charge on any atom is 0.325 e. The lowest BCUT2D eigenvalue weighted by molar-refractivity contribution is -0.141. The fourth-order valence-corrected chi connectivity index (χ4v) is 0.729. The van der Waals surface area contributed by atoms with Crippen molar-refractivity contribution >= 4 is 11.9 Å². The number of methoxy groups -OCH3 is 1. The average Bonchev–Trinajstić information content (AvgIpc) is 2.14. The number of ether oxygens (including phenoxy) is 1. The van der Waals surface area contributed by atoms with Crippen LogP contribution in [-0.2, 0) is 14.3 Å². The van der Waals surface area contributed by atoms with Crippen molar-refractivity contribution in [3.8, 4) is 0 Å². The molecule has 0 heterocycles. The first-order valence-corrected chi connectivity index (χ1v) is 4.15. The fourth-order valence-electron chi connectivity index (χ4n) is 0.729. The number of esters is 1. The highest BCUT2D eigenvalue weighted by molar-refractivity contribution is 5.81. The standard InChI is InChI=1S/C8H15NO4/c1-13-8(12)6-9-7(11)4-2-3-5-10/h10H,2-6H2,1H3,(H,9,11). The summed E-state index contributed by atoms with van der Waals surface area (Å²) in [7, 11) is 1.26. The molecule has 5 nitrogen and oxygen atoms in total. The summed E-state index contributed by atoms with van der Waals surface area (Å²) >= 11 is 0. The SMILES string of the molecule is COC(=O)CNC(=O)CCCCO. The van der Waals surface area contributed by atoms with Crippen LogP contribution in [0.3, 0.4) is 0 Å². The second-order valence-electron chi connectivity index (χ2n) is 2.53. The van der Waals surface area contributed by atoms with Gasteiger partial charge in [0.05, 0.1) is 7.11 Å². The molecule has 1 amide bonds. The molecule has 0 atom stereocenters. The predicted octanol–water partition coefficient (Wildman–Crippen LogP) is -0.562. The van der Waals surface area contributed by atoms with Crippen molar-refractivity contribution in [2.75, 3.05) is 20.3 Å². The van der Waals surface area contributed by atoms with Gasteiger partial charge in [-0.1, -0.05) is 0 Å². The topological polar surface area (TPSA) is 75.6 Å². The number of aliphatic hydroxyl groups excluding tert-OH is 1. The molecule has 2 N–H and O–H groups in total. The number of amides is 1. The minimum absolute atomic E-state index is 0.0876. The van der Waals surface area contributed by atoms with Crippen LogP contribution in [0.2, 0.25) is 0 Å². The van der Waals surface area contributed by atoms with Crippen LogP contribution in [-0.4, -0.2) is 37.2 Å². The van der Waals surface area contributed by atoms with Crippen LogP contribution in [0.4, 0.5) is 0 Å². The van der Waals surface area contributed by atoms with Crippen molar-refractivity contribution in [2.24, 2.45) is 0 Å². The lowest BCUT2D eigenvalue weighted by atomic mass is 10.2. The molecule has 0 rings (SSSR count). The van der Waals surface area contributed by atoms with Crippen molar-refractivity contribution in [3.63, 3.8) is 0 Å². The Morgan fingerprint density at radius 3 is 2.62 bits per heavy atom. The highest BCUT2D eigenvalue weighted by atomic mass is 16.5. The van der Waals surface area contributed by atoms with Gasteiger partial charge in [0, 0.05) is 13.0 Å². The zero-order valence-corrected chi connectivity index (χ0v) is 7.71. The lowest BCUT2D eigenvalue weighted by Gasteiger charge is -2.02. The molecule has 0 aromatic carbocycles. The van der Waals surface area contributed by atoms with E-state index in [1.807, 2.05) is 0 Å². The van der Waals surface area contributed by atoms with E-state index in [4.69, 9.17) is 5.11 Å². The Morgan fingerprint density at radius 1 is 1.38 bits per heavy atom. The van der Waals surface area contributed by atoms with Crippen molar-refractivity contribution in [1.82, 2.24) is 5.32 Å². The van der Waals surface area contributed by atoms with Gasteiger partial charge in [-0.2, -0.15) is 0 Å². The largest absolute Gasteiger partial charge is 0.468 e. The first kappa shape index (κ1) is 11.9. The van der Waals surface area contributed by atoms with Gasteiger partial charge in [0.25, 0.3) is 0 Å². The molecule has 76 valence electrons. The monoisotopic (exact) mass is 189 g/mol. The molecule has 5 heteroatoms. The number of hydrogen-bond donors (Lipinski definition) is 2. The quantitative estimate of drug-likeness (QED) is 0.433. The third-order valence-corrected chi connectivity index (χ3v) is 1.47. The van der Waals surface area contributed by atoms with E-state index >= 15 is 0 Å². The molecular formula is C8H15NO4. The van der Waals surface area contributed by atoms with E-state index in [0.29, 0.717) is 19.3 Å². The summed E-state index contributed by atoms with van der Waals surface area (Å²) in [6.45, 7) is -0.00125. The number of hydrogen-bond acceptors (Lipinski definition) is 4. The Labute approximate surface area is 77.1 Å². The zero-order chi connectivity index (χ0) is 10.1. The highest BCUT2D eigenvalue weighted by Crippen LogP contribution is 1.93. The fraction of sp³-hybridized carbons (Fsp3) is 0.750. The van der Waals surface area contributed by atoms with Crippen LogP contribution < -0.4 is 5.32 Å². The molecule has 0 aliphatic heterocycles. The van der Waals surface area contributed by atoms with E-state index in [0.717, 1.165) is 0 Å². The Hall–Kier alpha value is -1.10. The first-order chi connectivity index (χ1) is 6.20. The molecule has 0 radical (unpaired) electrons. The van der Waals surface area contributed by atoms with Crippen LogP contribution in [0.5, 0.6) is 0 Å². The van der Waals surface area contributed by atoms with E-state index in [2.05, 4.69) is 10.1 Å². The second kappa shape index (κ2) is 7.54. The highest BCUT2D eigenvalue weighted by Gasteiger charge is 2.03. The third-order valence-electron chi connectivity index (χ3n) is 1.47. The van der Waals surface area contributed by atoms with Gasteiger partial charge in [0.2, 0.25) is 5.91 Å². The Bertz CT molecular complexity index is 170. The summed E-state index contributed by atoms with van der Waals surface area (Å²) in [6.07, 6.45) is 1.56. The molecule has 0 saturated carbocycles. The summed E-state index contributed by atoms with van der Waals surface area (Å²) in [4.78, 5) is 21.5. The molecule has 0 unspecified atom stereocenters. The van der Waals surface area contributed by atoms with Crippen LogP contribution >= 0.6 is 0 Å². The molecule has 0 bridgehead atoms. The van der Waals surface area contributed by atoms with Crippen molar-refractivity contribution in [2.45, 2.75) is 19.3 Å². The molecular weight excluding hydrogens is 174 g/mol. The predicted molar refractivity (Wildman–Crippen MR) is 46.0 cm³/mol. The van der Waals surface area contributed by atoms with Gasteiger partial charge in [-0.25, -0.2) is 0 Å². The third kappa shape index (κ3) is 7.27. The van der Waals surface area contributed by atoms with Crippen LogP contribution in [0.1, 0.15) is 19.3 Å². The Balaban J connectivity index is 3.35. The van der Waals surface area contributed by atoms with Crippen LogP contribution in [0.15, 0.2) is 0 Å². The smallest absolute Gasteiger partial charge is 0.325 e. The van der Waals surface area contributed by atoms with E-state index in [1.165, 1.54) is 7.11 Å². The number of rotatable bonds is 6. The van der Waals surface area contributed by atoms with Crippen molar-refractivity contribution in [3.05, 3.63) is 0 Å². The van der Waals surface area contributed by atoms with Gasteiger partial charge in [-0.15, -0.1) is 0 Å². The minimum atomic E-state index is -0.462. The zero-order valence-electron chi connectivity index (χ0n) is 7.71. The van der Waals surface area contributed by atoms with Gasteiger partial charge in [0.15, 0.2) is 0 Å². The summed E-state index contributed by atoms with van der Waals surface area (Å²) < 4.78 is 4.33. The van der Waals surface area contributed by atoms with Gasteiger partial charge in [0.1, 0.15) is 6.54 Å². The van der Waals surface area contributed by atoms with E-state index < -0.39 is 5.97 Å². The van der Waals surface area contributed by atoms with Crippen LogP contribution in [0, 0.1) is 0 Å². The molecule has 0 saturated heterocycles. The number of aliphatic hydroxyl groups is 1. The lowest BCUT2D eigenvalue weighted by Crippen LogP contribution is -2.29. The molecule has 0 fully saturated rings. The van der Waals surface area contributed by atoms with E-state index in [1.54, 1.807) is 0 Å². The first-order valence-electron chi connectivity index (χ1n) is 4.15. The Kier molecular flexibility index (Phi) is 6.91. The molecule has 0 aliphatic carbocycles. The number of carbonyl (C=O) groups excluding carboxylic acids is 2. The van der Waals surface area contributed by atoms with Gasteiger partial charge in [-0.3, -0.25) is 9.59 Å². The van der Waals surface area contributed by atoms with Gasteiger partial charge in [-0.05, 0) is 12.8 Å². The number of nitrogens with one attached hydrogen (secondary N) is 1. The van der Waals surface area contributed by atoms with Gasteiger partial charge >= 0.3 is 5.97 Å². The molecule has 0 aromatic rings. The summed E-state index contributed by atoms with van der Waals surface area (Å²) in [5.41, 5.74) is 0. The average molecular weight is 189 g/mol. The number of unbranched alkanes of at least 4 members (excludes halogenated alkanes) is 1. The van der Waals surface area contributed by atoms with E-state index in [9.17, 15) is 9.59 Å². The minimum Gasteiger partial charge on any atom is -0.468 e. The summed E-state index contributed by atoms with van der Waals surface area (Å²) in [5, 5.41) is 10.8. The van der Waals surface area contributed by atoms with Crippen LogP contribution in [0.25, 0.3) is 0 Å². The molecule has 13 heavy (non-hydrogen) atoms.